The molecule has 4 N–H and O–H groups in total. The average molecular weight is 469 g/mol. The Morgan fingerprint density at radius 1 is 1.43 bits per heavy atom. The third-order valence-corrected chi connectivity index (χ3v) is 5.60. The van der Waals surface area contributed by atoms with Crippen molar-refractivity contribution in [1.82, 2.24) is 30.7 Å². The van der Waals surface area contributed by atoms with Crippen LogP contribution in [0.5, 0.6) is 0 Å². The highest BCUT2D eigenvalue weighted by Crippen LogP contribution is 2.20. The second-order valence-corrected chi connectivity index (χ2v) is 8.24. The van der Waals surface area contributed by atoms with Gasteiger partial charge < -0.3 is 10.6 Å². The highest BCUT2D eigenvalue weighted by Gasteiger charge is 2.26. The minimum Gasteiger partial charge on any atom is -0.378 e. The molecule has 0 aliphatic carbocycles. The number of amides is 1. The number of halogens is 1. The van der Waals surface area contributed by atoms with Gasteiger partial charge in [0.25, 0.3) is 5.91 Å². The summed E-state index contributed by atoms with van der Waals surface area (Å²) >= 11 is 4.88. The Morgan fingerprint density at radius 2 is 2.21 bits per heavy atom. The summed E-state index contributed by atoms with van der Waals surface area (Å²) < 4.78 is 7.01. The number of anilines is 1. The number of hydrazone groups is 1. The molecule has 28 heavy (non-hydrogen) atoms. The first kappa shape index (κ1) is 20.1. The maximum atomic E-state index is 12.6. The number of nitrogens with zero attached hydrogens (tertiary/aromatic N) is 6. The van der Waals surface area contributed by atoms with Gasteiger partial charge in [0.2, 0.25) is 11.6 Å². The number of rotatable bonds is 8. The lowest BCUT2D eigenvalue weighted by Gasteiger charge is -2.15. The summed E-state index contributed by atoms with van der Waals surface area (Å²) in [5, 5.41) is 19.3. The highest BCUT2D eigenvalue weighted by molar-refractivity contribution is 9.11. The van der Waals surface area contributed by atoms with E-state index in [-0.39, 0.29) is 17.3 Å². The van der Waals surface area contributed by atoms with Crippen molar-refractivity contribution in [2.75, 3.05) is 18.8 Å². The molecular formula is C15H19BrN9O2S+. The Balaban J connectivity index is 1.86. The van der Waals surface area contributed by atoms with Gasteiger partial charge in [0.05, 0.1) is 23.1 Å². The van der Waals surface area contributed by atoms with E-state index < -0.39 is 5.91 Å². The summed E-state index contributed by atoms with van der Waals surface area (Å²) in [6.07, 6.45) is 1.56. The Hall–Kier alpha value is -2.64. The number of carbonyl (C=O) groups excluding carboxylic acids is 1. The van der Waals surface area contributed by atoms with Gasteiger partial charge in [-0.25, -0.2) is 10.1 Å². The molecule has 0 unspecified atom stereocenters. The summed E-state index contributed by atoms with van der Waals surface area (Å²) in [7, 11) is 0. The van der Waals surface area contributed by atoms with Gasteiger partial charge >= 0.3 is 0 Å². The molecule has 0 spiro atoms. The molecule has 0 aliphatic rings. The lowest BCUT2D eigenvalue weighted by molar-refractivity contribution is -0.910. The van der Waals surface area contributed by atoms with E-state index in [1.807, 2.05) is 12.1 Å². The number of aromatic nitrogens is 5. The van der Waals surface area contributed by atoms with Crippen molar-refractivity contribution in [2.24, 2.45) is 5.10 Å². The summed E-state index contributed by atoms with van der Waals surface area (Å²) in [6.45, 7) is 6.34. The van der Waals surface area contributed by atoms with E-state index in [1.165, 1.54) is 20.9 Å². The van der Waals surface area contributed by atoms with Crippen LogP contribution in [-0.4, -0.2) is 50.5 Å². The van der Waals surface area contributed by atoms with Crippen molar-refractivity contribution < 1.29 is 14.3 Å². The lowest BCUT2D eigenvalue weighted by atomic mass is 10.2. The van der Waals surface area contributed by atoms with Gasteiger partial charge in [-0.2, -0.15) is 9.78 Å². The second kappa shape index (κ2) is 9.03. The van der Waals surface area contributed by atoms with Crippen LogP contribution in [0, 0.1) is 0 Å². The number of thiophene rings is 1. The Morgan fingerprint density at radius 3 is 2.82 bits per heavy atom. The predicted octanol–water partition coefficient (Wildman–Crippen LogP) is 0.245. The smallest absolute Gasteiger partial charge is 0.294 e. The van der Waals surface area contributed by atoms with Gasteiger partial charge in [0, 0.05) is 4.88 Å². The number of hydrogen-bond donors (Lipinski definition) is 3. The maximum Gasteiger partial charge on any atom is 0.294 e. The lowest BCUT2D eigenvalue weighted by Crippen LogP contribution is -3.10. The van der Waals surface area contributed by atoms with Gasteiger partial charge in [0.15, 0.2) is 5.69 Å². The van der Waals surface area contributed by atoms with Crippen molar-refractivity contribution in [1.29, 1.82) is 0 Å². The van der Waals surface area contributed by atoms with E-state index in [9.17, 15) is 4.79 Å². The Bertz CT molecular complexity index is 976. The topological polar surface area (TPSA) is 142 Å². The molecule has 1 amide bonds. The number of carbonyl (C=O) groups is 1. The van der Waals surface area contributed by atoms with Crippen molar-refractivity contribution in [3.63, 3.8) is 0 Å². The molecule has 148 valence electrons. The third kappa shape index (κ3) is 4.43. The molecule has 3 heterocycles. The molecule has 0 aliphatic heterocycles. The first-order valence-electron chi connectivity index (χ1n) is 8.48. The first-order chi connectivity index (χ1) is 13.5. The molecule has 0 saturated carbocycles. The Labute approximate surface area is 172 Å². The first-order valence-corrected chi connectivity index (χ1v) is 10.1. The highest BCUT2D eigenvalue weighted by atomic mass is 79.9. The molecule has 3 rings (SSSR count). The number of nitrogens with one attached hydrogen (secondary N) is 2. The largest absolute Gasteiger partial charge is 0.378 e. The van der Waals surface area contributed by atoms with Crippen LogP contribution in [0.3, 0.4) is 0 Å². The van der Waals surface area contributed by atoms with E-state index in [2.05, 4.69) is 65.6 Å². The monoisotopic (exact) mass is 468 g/mol. The maximum absolute atomic E-state index is 12.6. The molecule has 13 heteroatoms. The standard InChI is InChI=1S/C15H18BrN9O2S/c1-3-24(4-2)8-10-12(19-23-25(10)14-13(17)21-27-22-14)15(26)20-18-7-9-5-6-11(16)28-9/h5-7H,3-4,8H2,1-2H3,(H2,17,21)(H,20,26)/p+1/b18-7-. The minimum atomic E-state index is -0.477. The average Bonchev–Trinajstić information content (AvgIpc) is 3.39. The molecule has 0 atom stereocenters. The Kier molecular flexibility index (Phi) is 6.49. The van der Waals surface area contributed by atoms with Gasteiger partial charge in [-0.15, -0.1) is 16.4 Å². The van der Waals surface area contributed by atoms with Gasteiger partial charge in [-0.05, 0) is 52.2 Å². The summed E-state index contributed by atoms with van der Waals surface area (Å²) in [5.74, 6) is -0.219. The molecular weight excluding hydrogens is 450 g/mol. The second-order valence-electron chi connectivity index (χ2n) is 5.74. The number of nitrogen functional groups attached to an aromatic ring is 1. The normalized spacial score (nSPS) is 11.6. The minimum absolute atomic E-state index is 0.0638. The van der Waals surface area contributed by atoms with Crippen molar-refractivity contribution in [2.45, 2.75) is 20.4 Å². The molecule has 11 nitrogen and oxygen atoms in total. The van der Waals surface area contributed by atoms with Crippen molar-refractivity contribution in [3.8, 4) is 5.82 Å². The van der Waals surface area contributed by atoms with Crippen LogP contribution < -0.4 is 16.1 Å². The fourth-order valence-electron chi connectivity index (χ4n) is 2.49. The quantitative estimate of drug-likeness (QED) is 0.317. The number of nitrogens with two attached hydrogens (primary N) is 1. The number of quaternary nitrogens is 1. The van der Waals surface area contributed by atoms with E-state index in [4.69, 9.17) is 5.73 Å². The van der Waals surface area contributed by atoms with Gasteiger partial charge in [-0.3, -0.25) is 4.79 Å². The molecule has 0 fully saturated rings. The van der Waals surface area contributed by atoms with Crippen LogP contribution in [-0.2, 0) is 6.54 Å². The van der Waals surface area contributed by atoms with Crippen molar-refractivity contribution in [3.05, 3.63) is 32.2 Å². The van der Waals surface area contributed by atoms with E-state index in [1.54, 1.807) is 6.21 Å². The SMILES string of the molecule is CC[NH+](CC)Cc1c(C(=O)N/N=C\c2ccc(Br)s2)nnn1-c1nonc1N. The van der Waals surface area contributed by atoms with Crippen LogP contribution in [0.4, 0.5) is 5.82 Å². The molecule has 3 aromatic heterocycles. The summed E-state index contributed by atoms with van der Waals surface area (Å²) in [6, 6.07) is 3.79. The fourth-order valence-corrected chi connectivity index (χ4v) is 3.78. The van der Waals surface area contributed by atoms with Gasteiger partial charge in [0.1, 0.15) is 12.2 Å². The van der Waals surface area contributed by atoms with Crippen LogP contribution in [0.25, 0.3) is 5.82 Å². The summed E-state index contributed by atoms with van der Waals surface area (Å²) in [5.41, 5.74) is 8.96. The zero-order valence-corrected chi connectivity index (χ0v) is 17.6. The summed E-state index contributed by atoms with van der Waals surface area (Å²) in [4.78, 5) is 14.8. The molecule has 0 bridgehead atoms. The predicted molar refractivity (Wildman–Crippen MR) is 106 cm³/mol. The van der Waals surface area contributed by atoms with Crippen LogP contribution in [0.2, 0.25) is 0 Å². The zero-order chi connectivity index (χ0) is 20.1. The zero-order valence-electron chi connectivity index (χ0n) is 15.2. The van der Waals surface area contributed by atoms with E-state index >= 15 is 0 Å². The van der Waals surface area contributed by atoms with E-state index in [0.717, 1.165) is 21.8 Å². The third-order valence-electron chi connectivity index (χ3n) is 4.04. The van der Waals surface area contributed by atoms with Crippen LogP contribution in [0.1, 0.15) is 34.9 Å². The molecule has 0 aromatic carbocycles. The van der Waals surface area contributed by atoms with Crippen LogP contribution >= 0.6 is 27.3 Å². The molecule has 3 aromatic rings. The van der Waals surface area contributed by atoms with Crippen LogP contribution in [0.15, 0.2) is 25.6 Å². The number of hydrogen-bond acceptors (Lipinski definition) is 9. The fraction of sp³-hybridized carbons (Fsp3) is 0.333. The van der Waals surface area contributed by atoms with E-state index in [0.29, 0.717) is 12.2 Å². The van der Waals surface area contributed by atoms with Crippen molar-refractivity contribution >= 4 is 45.2 Å². The molecule has 0 saturated heterocycles. The molecule has 0 radical (unpaired) electrons. The van der Waals surface area contributed by atoms with Gasteiger partial charge in [-0.1, -0.05) is 5.21 Å².